The Hall–Kier alpha value is -2.69. The van der Waals surface area contributed by atoms with Crippen molar-refractivity contribution in [1.82, 2.24) is 10.6 Å². The van der Waals surface area contributed by atoms with Crippen molar-refractivity contribution in [2.24, 2.45) is 0 Å². The highest BCUT2D eigenvalue weighted by molar-refractivity contribution is 5.96. The number of nitrogens with one attached hydrogen (secondary N) is 2. The zero-order valence-corrected chi connectivity index (χ0v) is 13.6. The Labute approximate surface area is 141 Å². The van der Waals surface area contributed by atoms with Gasteiger partial charge in [-0.1, -0.05) is 43.7 Å². The lowest BCUT2D eigenvalue weighted by molar-refractivity contribution is -0.120. The summed E-state index contributed by atoms with van der Waals surface area (Å²) in [4.78, 5) is 24.0. The third-order valence-corrected chi connectivity index (χ3v) is 3.63. The molecule has 0 saturated carbocycles. The molecule has 0 spiro atoms. The van der Waals surface area contributed by atoms with Gasteiger partial charge in [0.1, 0.15) is 5.82 Å². The highest BCUT2D eigenvalue weighted by atomic mass is 19.1. The number of hydrogen-bond acceptors (Lipinski definition) is 2. The fourth-order valence-corrected chi connectivity index (χ4v) is 2.41. The predicted molar refractivity (Wildman–Crippen MR) is 91.0 cm³/mol. The zero-order chi connectivity index (χ0) is 17.4. The summed E-state index contributed by atoms with van der Waals surface area (Å²) in [6, 6.07) is 14.8. The van der Waals surface area contributed by atoms with E-state index in [4.69, 9.17) is 0 Å². The summed E-state index contributed by atoms with van der Waals surface area (Å²) in [7, 11) is 0. The van der Waals surface area contributed by atoms with Crippen molar-refractivity contribution in [3.63, 3.8) is 0 Å². The molecule has 2 rings (SSSR count). The molecule has 0 aliphatic heterocycles. The quantitative estimate of drug-likeness (QED) is 0.820. The van der Waals surface area contributed by atoms with Crippen LogP contribution in [-0.4, -0.2) is 18.4 Å². The third-order valence-electron chi connectivity index (χ3n) is 3.63. The van der Waals surface area contributed by atoms with Crippen LogP contribution in [-0.2, 0) is 4.79 Å². The second-order valence-corrected chi connectivity index (χ2v) is 5.51. The van der Waals surface area contributed by atoms with Gasteiger partial charge in [-0.2, -0.15) is 0 Å². The molecule has 2 aromatic carbocycles. The van der Waals surface area contributed by atoms with E-state index in [0.29, 0.717) is 5.56 Å². The molecule has 5 heteroatoms. The second kappa shape index (κ2) is 8.82. The van der Waals surface area contributed by atoms with E-state index in [1.54, 1.807) is 0 Å². The van der Waals surface area contributed by atoms with Gasteiger partial charge in [-0.25, -0.2) is 4.39 Å². The number of carbonyl (C=O) groups excluding carboxylic acids is 2. The van der Waals surface area contributed by atoms with Crippen molar-refractivity contribution in [3.8, 4) is 0 Å². The molecular formula is C19H21FN2O2. The lowest BCUT2D eigenvalue weighted by Gasteiger charge is -2.18. The highest BCUT2D eigenvalue weighted by Crippen LogP contribution is 2.17. The number of amides is 2. The minimum Gasteiger partial charge on any atom is -0.348 e. The lowest BCUT2D eigenvalue weighted by atomic mass is 10.0. The van der Waals surface area contributed by atoms with Crippen LogP contribution in [0.3, 0.4) is 0 Å². The minimum absolute atomic E-state index is 0.0774. The van der Waals surface area contributed by atoms with Crippen LogP contribution in [0.25, 0.3) is 0 Å². The summed E-state index contributed by atoms with van der Waals surface area (Å²) in [5.74, 6) is -1.07. The van der Waals surface area contributed by atoms with Gasteiger partial charge in [0.15, 0.2) is 0 Å². The maximum absolute atomic E-state index is 12.8. The van der Waals surface area contributed by atoms with Crippen molar-refractivity contribution in [3.05, 3.63) is 71.5 Å². The van der Waals surface area contributed by atoms with E-state index in [1.165, 1.54) is 24.3 Å². The Morgan fingerprint density at radius 1 is 1.04 bits per heavy atom. The van der Waals surface area contributed by atoms with Gasteiger partial charge in [0.05, 0.1) is 12.6 Å². The molecule has 1 unspecified atom stereocenters. The molecular weight excluding hydrogens is 307 g/mol. The van der Waals surface area contributed by atoms with E-state index in [2.05, 4.69) is 17.6 Å². The maximum atomic E-state index is 12.8. The Bertz CT molecular complexity index is 672. The number of halogens is 1. The molecule has 0 heterocycles. The fourth-order valence-electron chi connectivity index (χ4n) is 2.41. The summed E-state index contributed by atoms with van der Waals surface area (Å²) >= 11 is 0. The van der Waals surface area contributed by atoms with Crippen LogP contribution >= 0.6 is 0 Å². The number of benzene rings is 2. The lowest BCUT2D eigenvalue weighted by Crippen LogP contribution is -2.38. The largest absolute Gasteiger partial charge is 0.348 e. The van der Waals surface area contributed by atoms with Gasteiger partial charge >= 0.3 is 0 Å². The molecule has 0 aliphatic carbocycles. The zero-order valence-electron chi connectivity index (χ0n) is 13.6. The molecule has 0 bridgehead atoms. The first kappa shape index (κ1) is 17.7. The van der Waals surface area contributed by atoms with Gasteiger partial charge in [0, 0.05) is 5.56 Å². The number of rotatable bonds is 7. The predicted octanol–water partition coefficient (Wildman–Crippen LogP) is 3.21. The van der Waals surface area contributed by atoms with Crippen LogP contribution in [0.5, 0.6) is 0 Å². The molecule has 2 aromatic rings. The van der Waals surface area contributed by atoms with Gasteiger partial charge in [-0.3, -0.25) is 9.59 Å². The van der Waals surface area contributed by atoms with Gasteiger partial charge in [0.2, 0.25) is 5.91 Å². The SMILES string of the molecule is CCCC(NC(=O)CNC(=O)c1ccc(F)cc1)c1ccccc1. The van der Waals surface area contributed by atoms with Gasteiger partial charge in [-0.05, 0) is 36.2 Å². The molecule has 0 aliphatic rings. The van der Waals surface area contributed by atoms with E-state index in [-0.39, 0.29) is 18.5 Å². The molecule has 2 N–H and O–H groups in total. The summed E-state index contributed by atoms with van der Waals surface area (Å²) in [6.45, 7) is 1.93. The average Bonchev–Trinajstić information content (AvgIpc) is 2.60. The topological polar surface area (TPSA) is 58.2 Å². The van der Waals surface area contributed by atoms with Crippen molar-refractivity contribution >= 4 is 11.8 Å². The van der Waals surface area contributed by atoms with Crippen LogP contribution in [0, 0.1) is 5.82 Å². The molecule has 4 nitrogen and oxygen atoms in total. The highest BCUT2D eigenvalue weighted by Gasteiger charge is 2.14. The van der Waals surface area contributed by atoms with E-state index >= 15 is 0 Å². The molecule has 0 radical (unpaired) electrons. The normalized spacial score (nSPS) is 11.6. The first-order valence-electron chi connectivity index (χ1n) is 7.98. The molecule has 2 amide bonds. The summed E-state index contributed by atoms with van der Waals surface area (Å²) in [6.07, 6.45) is 1.75. The van der Waals surface area contributed by atoms with Crippen LogP contribution in [0.15, 0.2) is 54.6 Å². The van der Waals surface area contributed by atoms with E-state index in [0.717, 1.165) is 18.4 Å². The van der Waals surface area contributed by atoms with Crippen LogP contribution in [0.2, 0.25) is 0 Å². The monoisotopic (exact) mass is 328 g/mol. The minimum atomic E-state index is -0.408. The Balaban J connectivity index is 1.89. The Kier molecular flexibility index (Phi) is 6.49. The summed E-state index contributed by atoms with van der Waals surface area (Å²) in [5, 5.41) is 5.48. The second-order valence-electron chi connectivity index (χ2n) is 5.51. The van der Waals surface area contributed by atoms with Crippen molar-refractivity contribution in [1.29, 1.82) is 0 Å². The fraction of sp³-hybridized carbons (Fsp3) is 0.263. The van der Waals surface area contributed by atoms with Crippen molar-refractivity contribution < 1.29 is 14.0 Å². The first-order valence-corrected chi connectivity index (χ1v) is 7.98. The summed E-state index contributed by atoms with van der Waals surface area (Å²) in [5.41, 5.74) is 1.36. The smallest absolute Gasteiger partial charge is 0.251 e. The van der Waals surface area contributed by atoms with E-state index in [1.807, 2.05) is 30.3 Å². The van der Waals surface area contributed by atoms with E-state index < -0.39 is 11.7 Å². The maximum Gasteiger partial charge on any atom is 0.251 e. The Morgan fingerprint density at radius 3 is 2.33 bits per heavy atom. The van der Waals surface area contributed by atoms with E-state index in [9.17, 15) is 14.0 Å². The first-order chi connectivity index (χ1) is 11.6. The standard InChI is InChI=1S/C19H21FN2O2/c1-2-6-17(14-7-4-3-5-8-14)22-18(23)13-21-19(24)15-9-11-16(20)12-10-15/h3-5,7-12,17H,2,6,13H2,1H3,(H,21,24)(H,22,23). The summed E-state index contributed by atoms with van der Waals surface area (Å²) < 4.78 is 12.8. The van der Waals surface area contributed by atoms with Crippen LogP contribution in [0.4, 0.5) is 4.39 Å². The van der Waals surface area contributed by atoms with Crippen LogP contribution < -0.4 is 10.6 Å². The number of hydrogen-bond donors (Lipinski definition) is 2. The van der Waals surface area contributed by atoms with Gasteiger partial charge in [0.25, 0.3) is 5.91 Å². The average molecular weight is 328 g/mol. The van der Waals surface area contributed by atoms with Crippen molar-refractivity contribution in [2.45, 2.75) is 25.8 Å². The molecule has 0 saturated heterocycles. The molecule has 126 valence electrons. The third kappa shape index (κ3) is 5.19. The van der Waals surface area contributed by atoms with Crippen LogP contribution in [0.1, 0.15) is 41.7 Å². The van der Waals surface area contributed by atoms with Crippen molar-refractivity contribution in [2.75, 3.05) is 6.54 Å². The molecule has 1 atom stereocenters. The number of carbonyl (C=O) groups is 2. The molecule has 0 fully saturated rings. The van der Waals surface area contributed by atoms with Gasteiger partial charge in [-0.15, -0.1) is 0 Å². The molecule has 24 heavy (non-hydrogen) atoms. The Morgan fingerprint density at radius 2 is 1.71 bits per heavy atom. The van der Waals surface area contributed by atoms with Gasteiger partial charge < -0.3 is 10.6 Å². The molecule has 0 aromatic heterocycles.